The molecule has 3 rings (SSSR count). The van der Waals surface area contributed by atoms with Gasteiger partial charge in [-0.15, -0.1) is 0 Å². The quantitative estimate of drug-likeness (QED) is 0.808. The van der Waals surface area contributed by atoms with Gasteiger partial charge in [-0.05, 0) is 37.6 Å². The number of carbonyl (C=O) groups is 1. The van der Waals surface area contributed by atoms with Crippen molar-refractivity contribution in [3.05, 3.63) is 65.4 Å². The van der Waals surface area contributed by atoms with E-state index in [0.29, 0.717) is 16.9 Å². The van der Waals surface area contributed by atoms with Crippen LogP contribution < -0.4 is 5.32 Å². The van der Waals surface area contributed by atoms with Crippen molar-refractivity contribution in [2.45, 2.75) is 19.9 Å². The summed E-state index contributed by atoms with van der Waals surface area (Å²) in [5.74, 6) is -0.548. The molecule has 112 valence electrons. The first-order valence-electron chi connectivity index (χ1n) is 6.92. The molecule has 0 aliphatic heterocycles. The van der Waals surface area contributed by atoms with Crippen LogP contribution in [0.3, 0.4) is 0 Å². The molecule has 2 aromatic heterocycles. The van der Waals surface area contributed by atoms with Crippen LogP contribution in [0.25, 0.3) is 5.65 Å². The Bertz CT molecular complexity index is 826. The van der Waals surface area contributed by atoms with E-state index < -0.39 is 0 Å². The van der Waals surface area contributed by atoms with Gasteiger partial charge < -0.3 is 5.32 Å². The molecule has 1 amide bonds. The van der Waals surface area contributed by atoms with Gasteiger partial charge in [0, 0.05) is 12.4 Å². The maximum absolute atomic E-state index is 13.0. The van der Waals surface area contributed by atoms with E-state index in [1.165, 1.54) is 12.1 Å². The van der Waals surface area contributed by atoms with Crippen LogP contribution in [0.5, 0.6) is 0 Å². The minimum atomic E-state index is -0.301. The summed E-state index contributed by atoms with van der Waals surface area (Å²) in [4.78, 5) is 16.7. The van der Waals surface area contributed by atoms with E-state index >= 15 is 0 Å². The third-order valence-electron chi connectivity index (χ3n) is 3.51. The second kappa shape index (κ2) is 5.55. The highest BCUT2D eigenvalue weighted by atomic mass is 19.1. The molecule has 0 radical (unpaired) electrons. The van der Waals surface area contributed by atoms with E-state index in [4.69, 9.17) is 0 Å². The van der Waals surface area contributed by atoms with Gasteiger partial charge in [0.25, 0.3) is 5.91 Å². The van der Waals surface area contributed by atoms with E-state index in [1.807, 2.05) is 6.92 Å². The van der Waals surface area contributed by atoms with Gasteiger partial charge in [-0.2, -0.15) is 5.10 Å². The Hall–Kier alpha value is -2.76. The Morgan fingerprint density at radius 2 is 2.05 bits per heavy atom. The first-order valence-corrected chi connectivity index (χ1v) is 6.92. The third-order valence-corrected chi connectivity index (χ3v) is 3.51. The molecule has 3 aromatic rings. The van der Waals surface area contributed by atoms with Gasteiger partial charge in [0.05, 0.1) is 11.7 Å². The summed E-state index contributed by atoms with van der Waals surface area (Å²) in [6.45, 7) is 3.62. The van der Waals surface area contributed by atoms with Gasteiger partial charge in [0.2, 0.25) is 0 Å². The van der Waals surface area contributed by atoms with Gasteiger partial charge in [-0.3, -0.25) is 4.79 Å². The molecule has 0 spiro atoms. The minimum absolute atomic E-state index is 0.244. The molecule has 2 heterocycles. The average Bonchev–Trinajstić information content (AvgIpc) is 2.83. The smallest absolute Gasteiger partial charge is 0.257 e. The normalized spacial score (nSPS) is 12.3. The van der Waals surface area contributed by atoms with Crippen molar-refractivity contribution in [2.24, 2.45) is 0 Å². The number of hydrogen-bond acceptors (Lipinski definition) is 3. The summed E-state index contributed by atoms with van der Waals surface area (Å²) in [6.07, 6.45) is 3.37. The molecule has 1 aromatic carbocycles. The number of hydrogen-bond donors (Lipinski definition) is 1. The SMILES string of the molecule is Cc1nn2cccnc2c1C(=O)N[C@@H](C)c1ccc(F)cc1. The van der Waals surface area contributed by atoms with Crippen molar-refractivity contribution < 1.29 is 9.18 Å². The number of nitrogens with zero attached hydrogens (tertiary/aromatic N) is 3. The molecular weight excluding hydrogens is 283 g/mol. The van der Waals surface area contributed by atoms with Gasteiger partial charge >= 0.3 is 0 Å². The summed E-state index contributed by atoms with van der Waals surface area (Å²) in [5, 5.41) is 7.17. The molecule has 5 nitrogen and oxygen atoms in total. The standard InChI is InChI=1S/C16H15FN4O/c1-10(12-4-6-13(17)7-5-12)19-16(22)14-11(2)20-21-9-3-8-18-15(14)21/h3-10H,1-2H3,(H,19,22)/t10-/m0/s1. The second-order valence-corrected chi connectivity index (χ2v) is 5.09. The molecule has 0 unspecified atom stereocenters. The number of carbonyl (C=O) groups excluding carboxylic acids is 1. The van der Waals surface area contributed by atoms with Crippen molar-refractivity contribution in [3.8, 4) is 0 Å². The molecule has 0 aliphatic carbocycles. The van der Waals surface area contributed by atoms with Gasteiger partial charge in [-0.25, -0.2) is 13.9 Å². The lowest BCUT2D eigenvalue weighted by Gasteiger charge is -2.14. The van der Waals surface area contributed by atoms with Crippen molar-refractivity contribution in [3.63, 3.8) is 0 Å². The molecule has 1 N–H and O–H groups in total. The number of halogens is 1. The van der Waals surface area contributed by atoms with Crippen LogP contribution in [0.1, 0.15) is 34.6 Å². The lowest BCUT2D eigenvalue weighted by atomic mass is 10.1. The molecule has 1 atom stereocenters. The fourth-order valence-corrected chi connectivity index (χ4v) is 2.37. The van der Waals surface area contributed by atoms with Crippen molar-refractivity contribution >= 4 is 11.6 Å². The second-order valence-electron chi connectivity index (χ2n) is 5.09. The largest absolute Gasteiger partial charge is 0.345 e. The average molecular weight is 298 g/mol. The number of amides is 1. The number of rotatable bonds is 3. The fraction of sp³-hybridized carbons (Fsp3) is 0.188. The predicted octanol–water partition coefficient (Wildman–Crippen LogP) is 2.67. The van der Waals surface area contributed by atoms with Crippen LogP contribution in [0.4, 0.5) is 4.39 Å². The van der Waals surface area contributed by atoms with E-state index in [0.717, 1.165) is 5.56 Å². The molecule has 0 aliphatic rings. The van der Waals surface area contributed by atoms with Crippen LogP contribution in [0.2, 0.25) is 0 Å². The monoisotopic (exact) mass is 298 g/mol. The highest BCUT2D eigenvalue weighted by Gasteiger charge is 2.20. The van der Waals surface area contributed by atoms with Crippen LogP contribution >= 0.6 is 0 Å². The Labute approximate surface area is 126 Å². The molecule has 22 heavy (non-hydrogen) atoms. The Balaban J connectivity index is 1.87. The molecule has 0 fully saturated rings. The van der Waals surface area contributed by atoms with Crippen molar-refractivity contribution in [2.75, 3.05) is 0 Å². The zero-order valence-corrected chi connectivity index (χ0v) is 12.2. The summed E-state index contributed by atoms with van der Waals surface area (Å²) < 4.78 is 14.5. The maximum atomic E-state index is 13.0. The highest BCUT2D eigenvalue weighted by Crippen LogP contribution is 2.17. The Morgan fingerprint density at radius 3 is 2.77 bits per heavy atom. The number of fused-ring (bicyclic) bond motifs is 1. The molecule has 6 heteroatoms. The lowest BCUT2D eigenvalue weighted by Crippen LogP contribution is -2.27. The zero-order valence-electron chi connectivity index (χ0n) is 12.2. The van der Waals surface area contributed by atoms with E-state index in [2.05, 4.69) is 15.4 Å². The van der Waals surface area contributed by atoms with Crippen LogP contribution in [-0.4, -0.2) is 20.5 Å². The van der Waals surface area contributed by atoms with Crippen molar-refractivity contribution in [1.82, 2.24) is 19.9 Å². The molecule has 0 bridgehead atoms. The predicted molar refractivity (Wildman–Crippen MR) is 80.0 cm³/mol. The molecule has 0 saturated heterocycles. The van der Waals surface area contributed by atoms with Crippen molar-refractivity contribution in [1.29, 1.82) is 0 Å². The lowest BCUT2D eigenvalue weighted by molar-refractivity contribution is 0.0940. The minimum Gasteiger partial charge on any atom is -0.345 e. The van der Waals surface area contributed by atoms with Gasteiger partial charge in [-0.1, -0.05) is 12.1 Å². The first-order chi connectivity index (χ1) is 10.6. The highest BCUT2D eigenvalue weighted by molar-refractivity contribution is 6.01. The third kappa shape index (κ3) is 2.55. The Kier molecular flexibility index (Phi) is 3.58. The summed E-state index contributed by atoms with van der Waals surface area (Å²) >= 11 is 0. The van der Waals surface area contributed by atoms with E-state index in [-0.39, 0.29) is 17.8 Å². The van der Waals surface area contributed by atoms with Crippen LogP contribution in [0, 0.1) is 12.7 Å². The Morgan fingerprint density at radius 1 is 1.32 bits per heavy atom. The number of aryl methyl sites for hydroxylation is 1. The molecular formula is C16H15FN4O. The fourth-order valence-electron chi connectivity index (χ4n) is 2.37. The maximum Gasteiger partial charge on any atom is 0.257 e. The van der Waals surface area contributed by atoms with Gasteiger partial charge in [0.15, 0.2) is 5.65 Å². The van der Waals surface area contributed by atoms with Crippen LogP contribution in [0.15, 0.2) is 42.7 Å². The number of benzene rings is 1. The van der Waals surface area contributed by atoms with E-state index in [1.54, 1.807) is 42.0 Å². The van der Waals surface area contributed by atoms with E-state index in [9.17, 15) is 9.18 Å². The zero-order chi connectivity index (χ0) is 15.7. The summed E-state index contributed by atoms with van der Waals surface area (Å²) in [7, 11) is 0. The van der Waals surface area contributed by atoms with Gasteiger partial charge in [0.1, 0.15) is 11.4 Å². The summed E-state index contributed by atoms with van der Waals surface area (Å²) in [6, 6.07) is 7.57. The first kappa shape index (κ1) is 14.2. The topological polar surface area (TPSA) is 59.3 Å². The van der Waals surface area contributed by atoms with Crippen LogP contribution in [-0.2, 0) is 0 Å². The number of nitrogens with one attached hydrogen (secondary N) is 1. The summed E-state index contributed by atoms with van der Waals surface area (Å²) in [5.41, 5.74) is 2.41. The number of aromatic nitrogens is 3. The molecule has 0 saturated carbocycles.